The van der Waals surface area contributed by atoms with Crippen LogP contribution in [0.15, 0.2) is 48.5 Å². The van der Waals surface area contributed by atoms with Crippen LogP contribution < -0.4 is 10.1 Å². The lowest BCUT2D eigenvalue weighted by Crippen LogP contribution is -2.37. The molecule has 0 spiro atoms. The lowest BCUT2D eigenvalue weighted by atomic mass is 10.1. The molecule has 1 N–H and O–H groups in total. The zero-order valence-corrected chi connectivity index (χ0v) is 16.4. The zero-order valence-electron chi connectivity index (χ0n) is 16.4. The summed E-state index contributed by atoms with van der Waals surface area (Å²) in [5.74, 6) is 0.706. The number of ether oxygens (including phenoxy) is 1. The summed E-state index contributed by atoms with van der Waals surface area (Å²) in [4.78, 5) is 15.1. The third kappa shape index (κ3) is 5.57. The van der Waals surface area contributed by atoms with Crippen LogP contribution in [-0.4, -0.2) is 30.0 Å². The molecule has 1 atom stereocenters. The highest BCUT2D eigenvalue weighted by Crippen LogP contribution is 2.19. The highest BCUT2D eigenvalue weighted by atomic mass is 16.5. The minimum absolute atomic E-state index is 0.0642. The summed E-state index contributed by atoms with van der Waals surface area (Å²) in [5.41, 5.74) is 3.48. The number of carbonyl (C=O) groups is 1. The molecule has 4 heteroatoms. The van der Waals surface area contributed by atoms with E-state index >= 15 is 0 Å². The average Bonchev–Trinajstić information content (AvgIpc) is 3.19. The van der Waals surface area contributed by atoms with Gasteiger partial charge in [-0.2, -0.15) is 0 Å². The molecule has 1 amide bonds. The first kappa shape index (κ1) is 19.4. The summed E-state index contributed by atoms with van der Waals surface area (Å²) >= 11 is 0. The Labute approximate surface area is 162 Å². The Morgan fingerprint density at radius 3 is 2.59 bits per heavy atom. The molecule has 2 aromatic rings. The van der Waals surface area contributed by atoms with Crippen LogP contribution in [0.25, 0.3) is 0 Å². The molecule has 0 aromatic heterocycles. The molecule has 1 aliphatic rings. The van der Waals surface area contributed by atoms with Crippen LogP contribution in [-0.2, 0) is 17.9 Å². The average molecular weight is 367 g/mol. The second-order valence-corrected chi connectivity index (χ2v) is 7.30. The Morgan fingerprint density at radius 1 is 1.11 bits per heavy atom. The quantitative estimate of drug-likeness (QED) is 0.766. The lowest BCUT2D eigenvalue weighted by Gasteiger charge is -2.19. The van der Waals surface area contributed by atoms with Gasteiger partial charge in [-0.05, 0) is 62.0 Å². The molecule has 3 rings (SSSR count). The normalized spacial score (nSPS) is 15.5. The molecule has 0 saturated carbocycles. The van der Waals surface area contributed by atoms with Gasteiger partial charge >= 0.3 is 0 Å². The summed E-state index contributed by atoms with van der Waals surface area (Å²) in [6, 6.07) is 16.3. The molecular weight excluding hydrogens is 336 g/mol. The van der Waals surface area contributed by atoms with Crippen LogP contribution in [0.3, 0.4) is 0 Å². The van der Waals surface area contributed by atoms with Crippen LogP contribution in [0.5, 0.6) is 5.75 Å². The summed E-state index contributed by atoms with van der Waals surface area (Å²) in [6.45, 7) is 7.87. The van der Waals surface area contributed by atoms with Crippen molar-refractivity contribution in [1.29, 1.82) is 0 Å². The van der Waals surface area contributed by atoms with Gasteiger partial charge < -0.3 is 10.1 Å². The number of aryl methyl sites for hydroxylation is 1. The summed E-state index contributed by atoms with van der Waals surface area (Å²) in [7, 11) is 0. The molecule has 0 bridgehead atoms. The first-order chi connectivity index (χ1) is 13.2. The Kier molecular flexibility index (Phi) is 6.88. The standard InChI is InChI=1S/C23H30N2O2/c1-3-21(27-22-12-5-4-9-18(22)2)23(26)24-16-19-10-8-11-20(15-19)17-25-13-6-7-14-25/h4-5,8-12,15,21H,3,6-7,13-14,16-17H2,1-2H3,(H,24,26)/t21-/m1/s1. The summed E-state index contributed by atoms with van der Waals surface area (Å²) in [5, 5.41) is 3.03. The zero-order chi connectivity index (χ0) is 19.1. The van der Waals surface area contributed by atoms with Crippen LogP contribution in [0.1, 0.15) is 42.9 Å². The third-order valence-corrected chi connectivity index (χ3v) is 5.09. The predicted octanol–water partition coefficient (Wildman–Crippen LogP) is 4.06. The van der Waals surface area contributed by atoms with Crippen LogP contribution in [0.2, 0.25) is 0 Å². The van der Waals surface area contributed by atoms with Gasteiger partial charge in [0.1, 0.15) is 5.75 Å². The van der Waals surface area contributed by atoms with Crippen molar-refractivity contribution in [2.24, 2.45) is 0 Å². The van der Waals surface area contributed by atoms with Crippen molar-refractivity contribution in [3.63, 3.8) is 0 Å². The van der Waals surface area contributed by atoms with Gasteiger partial charge in [0, 0.05) is 13.1 Å². The molecule has 144 valence electrons. The number of likely N-dealkylation sites (tertiary alicyclic amines) is 1. The largest absolute Gasteiger partial charge is 0.480 e. The number of amides is 1. The van der Waals surface area contributed by atoms with Crippen molar-refractivity contribution in [2.75, 3.05) is 13.1 Å². The topological polar surface area (TPSA) is 41.6 Å². The SMILES string of the molecule is CC[C@@H](Oc1ccccc1C)C(=O)NCc1cccc(CN2CCCC2)c1. The van der Waals surface area contributed by atoms with E-state index < -0.39 is 6.10 Å². The fourth-order valence-corrected chi connectivity index (χ4v) is 3.50. The van der Waals surface area contributed by atoms with Gasteiger partial charge in [-0.15, -0.1) is 0 Å². The number of hydrogen-bond donors (Lipinski definition) is 1. The van der Waals surface area contributed by atoms with E-state index in [1.807, 2.05) is 38.1 Å². The number of nitrogens with one attached hydrogen (secondary N) is 1. The van der Waals surface area contributed by atoms with Crippen molar-refractivity contribution in [3.05, 3.63) is 65.2 Å². The fourth-order valence-electron chi connectivity index (χ4n) is 3.50. The van der Waals surface area contributed by atoms with Crippen LogP contribution in [0, 0.1) is 6.92 Å². The van der Waals surface area contributed by atoms with Gasteiger partial charge in [-0.3, -0.25) is 9.69 Å². The molecule has 1 heterocycles. The maximum absolute atomic E-state index is 12.6. The van der Waals surface area contributed by atoms with Crippen molar-refractivity contribution in [1.82, 2.24) is 10.2 Å². The van der Waals surface area contributed by atoms with Gasteiger partial charge in [0.25, 0.3) is 5.91 Å². The third-order valence-electron chi connectivity index (χ3n) is 5.09. The van der Waals surface area contributed by atoms with Gasteiger partial charge in [-0.1, -0.05) is 49.4 Å². The van der Waals surface area contributed by atoms with E-state index in [-0.39, 0.29) is 5.91 Å². The maximum atomic E-state index is 12.6. The number of carbonyl (C=O) groups excluding carboxylic acids is 1. The van der Waals surface area contributed by atoms with E-state index in [0.717, 1.165) is 23.4 Å². The molecule has 2 aromatic carbocycles. The smallest absolute Gasteiger partial charge is 0.261 e. The first-order valence-electron chi connectivity index (χ1n) is 9.96. The molecule has 0 unspecified atom stereocenters. The van der Waals surface area contributed by atoms with Gasteiger partial charge in [0.05, 0.1) is 0 Å². The monoisotopic (exact) mass is 366 g/mol. The van der Waals surface area contributed by atoms with E-state index in [2.05, 4.69) is 34.5 Å². The van der Waals surface area contributed by atoms with Gasteiger partial charge in [0.15, 0.2) is 6.10 Å². The molecule has 1 fully saturated rings. The minimum atomic E-state index is -0.473. The summed E-state index contributed by atoms with van der Waals surface area (Å²) in [6.07, 6.45) is 2.76. The number of hydrogen-bond acceptors (Lipinski definition) is 3. The predicted molar refractivity (Wildman–Crippen MR) is 109 cm³/mol. The second-order valence-electron chi connectivity index (χ2n) is 7.30. The highest BCUT2D eigenvalue weighted by Gasteiger charge is 2.19. The Hall–Kier alpha value is -2.33. The fraction of sp³-hybridized carbons (Fsp3) is 0.435. The van der Waals surface area contributed by atoms with Crippen molar-refractivity contribution >= 4 is 5.91 Å². The van der Waals surface area contributed by atoms with E-state index in [1.165, 1.54) is 31.5 Å². The lowest BCUT2D eigenvalue weighted by molar-refractivity contribution is -0.128. The Bertz CT molecular complexity index is 754. The molecular formula is C23H30N2O2. The molecule has 0 aliphatic carbocycles. The van der Waals surface area contributed by atoms with Crippen molar-refractivity contribution < 1.29 is 9.53 Å². The highest BCUT2D eigenvalue weighted by molar-refractivity contribution is 5.81. The number of para-hydroxylation sites is 1. The van der Waals surface area contributed by atoms with E-state index in [1.54, 1.807) is 0 Å². The molecule has 0 radical (unpaired) electrons. The summed E-state index contributed by atoms with van der Waals surface area (Å²) < 4.78 is 5.94. The number of rotatable bonds is 8. The minimum Gasteiger partial charge on any atom is -0.480 e. The van der Waals surface area contributed by atoms with E-state index in [0.29, 0.717) is 13.0 Å². The van der Waals surface area contributed by atoms with Crippen LogP contribution >= 0.6 is 0 Å². The molecule has 4 nitrogen and oxygen atoms in total. The maximum Gasteiger partial charge on any atom is 0.261 e. The van der Waals surface area contributed by atoms with Crippen molar-refractivity contribution in [2.45, 2.75) is 52.3 Å². The molecule has 27 heavy (non-hydrogen) atoms. The Morgan fingerprint density at radius 2 is 1.85 bits per heavy atom. The Balaban J connectivity index is 1.55. The van der Waals surface area contributed by atoms with E-state index in [9.17, 15) is 4.79 Å². The number of benzene rings is 2. The van der Waals surface area contributed by atoms with E-state index in [4.69, 9.17) is 4.74 Å². The second kappa shape index (κ2) is 9.56. The van der Waals surface area contributed by atoms with Crippen LogP contribution in [0.4, 0.5) is 0 Å². The van der Waals surface area contributed by atoms with Crippen molar-refractivity contribution in [3.8, 4) is 5.75 Å². The molecule has 1 aliphatic heterocycles. The van der Waals surface area contributed by atoms with Gasteiger partial charge in [0.2, 0.25) is 0 Å². The van der Waals surface area contributed by atoms with Gasteiger partial charge in [-0.25, -0.2) is 0 Å². The number of nitrogens with zero attached hydrogens (tertiary/aromatic N) is 1. The first-order valence-corrected chi connectivity index (χ1v) is 9.96. The molecule has 1 saturated heterocycles.